The molecule has 0 fully saturated rings. The Morgan fingerprint density at radius 2 is 1.92 bits per heavy atom. The minimum atomic E-state index is -0.607. The number of ether oxygens (including phenoxy) is 1. The molecule has 0 saturated heterocycles. The summed E-state index contributed by atoms with van der Waals surface area (Å²) in [4.78, 5) is 24.0. The number of hydrogen-bond donors (Lipinski definition) is 1. The molecule has 0 saturated carbocycles. The topological polar surface area (TPSA) is 64.2 Å². The van der Waals surface area contributed by atoms with Crippen LogP contribution in [0.2, 0.25) is 0 Å². The Morgan fingerprint density at radius 3 is 2.54 bits per heavy atom. The van der Waals surface area contributed by atoms with Crippen LogP contribution in [0.5, 0.6) is 0 Å². The number of benzene rings is 1. The van der Waals surface area contributed by atoms with Crippen molar-refractivity contribution >= 4 is 11.9 Å². The van der Waals surface area contributed by atoms with Gasteiger partial charge in [0.25, 0.3) is 5.91 Å². The van der Waals surface area contributed by atoms with Gasteiger partial charge >= 0.3 is 5.97 Å². The third kappa shape index (κ3) is 6.88. The molecule has 2 aromatic rings. The van der Waals surface area contributed by atoms with Crippen molar-refractivity contribution in [2.24, 2.45) is 5.92 Å². The standard InChI is InChI=1S/C19H25N3O3.ClH/c1-15(2)11-17(19(24)25-3)20-18(23)13-22-10-9-21(14-22)12-16-7-5-4-6-8-16;/h4-10,14-15,17H,11-13H2,1-3H3;1H/t17-;/m0./s1. The second kappa shape index (κ2) is 10.6. The van der Waals surface area contributed by atoms with E-state index in [0.29, 0.717) is 6.42 Å². The zero-order valence-corrected chi connectivity index (χ0v) is 16.1. The molecule has 1 aromatic carbocycles. The molecule has 0 radical (unpaired) electrons. The van der Waals surface area contributed by atoms with Gasteiger partial charge in [0.1, 0.15) is 25.0 Å². The maximum Gasteiger partial charge on any atom is 0.328 e. The number of methoxy groups -OCH3 is 1. The minimum absolute atomic E-state index is 0. The molecule has 142 valence electrons. The van der Waals surface area contributed by atoms with E-state index in [-0.39, 0.29) is 30.8 Å². The summed E-state index contributed by atoms with van der Waals surface area (Å²) in [6.45, 7) is 4.90. The maximum atomic E-state index is 12.2. The third-order valence-corrected chi connectivity index (χ3v) is 3.81. The molecular formula is C19H26ClN3O3. The van der Waals surface area contributed by atoms with Crippen LogP contribution in [0.1, 0.15) is 25.8 Å². The normalized spacial score (nSPS) is 11.5. The van der Waals surface area contributed by atoms with Crippen molar-refractivity contribution in [1.82, 2.24) is 9.88 Å². The van der Waals surface area contributed by atoms with Gasteiger partial charge in [-0.2, -0.15) is 0 Å². The van der Waals surface area contributed by atoms with Crippen LogP contribution >= 0.6 is 0 Å². The van der Waals surface area contributed by atoms with Crippen molar-refractivity contribution in [2.45, 2.75) is 39.4 Å². The molecule has 7 heteroatoms. The number of nitrogens with zero attached hydrogens (tertiary/aromatic N) is 2. The van der Waals surface area contributed by atoms with Crippen molar-refractivity contribution in [3.8, 4) is 0 Å². The molecule has 6 nitrogen and oxygen atoms in total. The van der Waals surface area contributed by atoms with Crippen LogP contribution < -0.4 is 22.3 Å². The predicted molar refractivity (Wildman–Crippen MR) is 93.6 cm³/mol. The fourth-order valence-corrected chi connectivity index (χ4v) is 2.65. The zero-order chi connectivity index (χ0) is 18.2. The quantitative estimate of drug-likeness (QED) is 0.450. The first-order chi connectivity index (χ1) is 12.0. The van der Waals surface area contributed by atoms with Crippen LogP contribution in [0.25, 0.3) is 0 Å². The number of rotatable bonds is 8. The zero-order valence-electron chi connectivity index (χ0n) is 15.4. The summed E-state index contributed by atoms with van der Waals surface area (Å²) in [6, 6.07) is 9.50. The number of aromatic nitrogens is 2. The van der Waals surface area contributed by atoms with Crippen LogP contribution in [-0.2, 0) is 27.4 Å². The molecule has 0 aliphatic heterocycles. The average Bonchev–Trinajstić information content (AvgIpc) is 3.00. The maximum absolute atomic E-state index is 12.2. The fraction of sp³-hybridized carbons (Fsp3) is 0.421. The largest absolute Gasteiger partial charge is 1.00 e. The van der Waals surface area contributed by atoms with E-state index < -0.39 is 12.0 Å². The Morgan fingerprint density at radius 1 is 1.23 bits per heavy atom. The Labute approximate surface area is 160 Å². The first-order valence-electron chi connectivity index (χ1n) is 8.44. The van der Waals surface area contributed by atoms with Crippen molar-refractivity contribution in [2.75, 3.05) is 7.11 Å². The van der Waals surface area contributed by atoms with Crippen molar-refractivity contribution in [3.63, 3.8) is 0 Å². The molecule has 1 heterocycles. The lowest BCUT2D eigenvalue weighted by Gasteiger charge is -2.17. The van der Waals surface area contributed by atoms with E-state index in [0.717, 1.165) is 6.54 Å². The molecular weight excluding hydrogens is 354 g/mol. The SMILES string of the molecule is COC(=O)[C@H](CC(C)C)NC(=O)Cn1cc[n+](Cc2ccccc2)c1.[Cl-]. The molecule has 0 bridgehead atoms. The predicted octanol–water partition coefficient (Wildman–Crippen LogP) is -1.47. The molecule has 1 N–H and O–H groups in total. The van der Waals surface area contributed by atoms with Crippen LogP contribution in [0.4, 0.5) is 0 Å². The average molecular weight is 380 g/mol. The first kappa shape index (κ1) is 21.7. The summed E-state index contributed by atoms with van der Waals surface area (Å²) in [7, 11) is 1.33. The summed E-state index contributed by atoms with van der Waals surface area (Å²) in [5.74, 6) is -0.337. The molecule has 1 amide bonds. The van der Waals surface area contributed by atoms with E-state index >= 15 is 0 Å². The van der Waals surface area contributed by atoms with Gasteiger partial charge in [-0.1, -0.05) is 44.2 Å². The van der Waals surface area contributed by atoms with Crippen LogP contribution in [-0.4, -0.2) is 29.6 Å². The smallest absolute Gasteiger partial charge is 0.328 e. The lowest BCUT2D eigenvalue weighted by atomic mass is 10.0. The van der Waals surface area contributed by atoms with Gasteiger partial charge in [-0.3, -0.25) is 4.79 Å². The Kier molecular flexibility index (Phi) is 8.85. The van der Waals surface area contributed by atoms with E-state index in [9.17, 15) is 9.59 Å². The number of halogens is 1. The summed E-state index contributed by atoms with van der Waals surface area (Å²) >= 11 is 0. The van der Waals surface area contributed by atoms with Gasteiger partial charge in [-0.15, -0.1) is 0 Å². The fourth-order valence-electron chi connectivity index (χ4n) is 2.65. The number of nitrogens with one attached hydrogen (secondary N) is 1. The minimum Gasteiger partial charge on any atom is -1.00 e. The van der Waals surface area contributed by atoms with Gasteiger partial charge in [0.2, 0.25) is 6.33 Å². The van der Waals surface area contributed by atoms with Crippen LogP contribution in [0.15, 0.2) is 49.1 Å². The summed E-state index contributed by atoms with van der Waals surface area (Å²) < 4.78 is 8.57. The summed E-state index contributed by atoms with van der Waals surface area (Å²) in [6.07, 6.45) is 6.20. The van der Waals surface area contributed by atoms with Crippen molar-refractivity contribution in [3.05, 3.63) is 54.6 Å². The number of carbonyl (C=O) groups is 2. The molecule has 0 spiro atoms. The third-order valence-electron chi connectivity index (χ3n) is 3.81. The van der Waals surface area contributed by atoms with Gasteiger partial charge < -0.3 is 22.5 Å². The van der Waals surface area contributed by atoms with Crippen LogP contribution in [0, 0.1) is 5.92 Å². The second-order valence-electron chi connectivity index (χ2n) is 6.52. The molecule has 2 rings (SSSR count). The number of imidazole rings is 1. The Bertz CT molecular complexity index is 701. The second-order valence-corrected chi connectivity index (χ2v) is 6.52. The molecule has 0 unspecified atom stereocenters. The highest BCUT2D eigenvalue weighted by Crippen LogP contribution is 2.06. The highest BCUT2D eigenvalue weighted by molar-refractivity contribution is 5.84. The summed E-state index contributed by atoms with van der Waals surface area (Å²) in [5, 5.41) is 2.76. The monoisotopic (exact) mass is 379 g/mol. The first-order valence-corrected chi connectivity index (χ1v) is 8.44. The number of esters is 1. The van der Waals surface area contributed by atoms with Gasteiger partial charge in [0, 0.05) is 0 Å². The van der Waals surface area contributed by atoms with Crippen molar-refractivity contribution < 1.29 is 31.3 Å². The van der Waals surface area contributed by atoms with Gasteiger partial charge in [-0.05, 0) is 17.9 Å². The van der Waals surface area contributed by atoms with E-state index in [1.165, 1.54) is 12.7 Å². The lowest BCUT2D eigenvalue weighted by Crippen LogP contribution is -3.00. The number of amides is 1. The number of carbonyl (C=O) groups excluding carboxylic acids is 2. The Balaban J connectivity index is 0.00000338. The molecule has 26 heavy (non-hydrogen) atoms. The summed E-state index contributed by atoms with van der Waals surface area (Å²) in [5.41, 5.74) is 1.19. The number of hydrogen-bond acceptors (Lipinski definition) is 3. The van der Waals surface area contributed by atoms with E-state index in [1.54, 1.807) is 4.57 Å². The van der Waals surface area contributed by atoms with E-state index in [4.69, 9.17) is 4.74 Å². The Hall–Kier alpha value is -2.34. The van der Waals surface area contributed by atoms with Gasteiger partial charge in [0.05, 0.1) is 7.11 Å². The molecule has 0 aliphatic rings. The molecule has 0 aliphatic carbocycles. The van der Waals surface area contributed by atoms with E-state index in [2.05, 4.69) is 17.4 Å². The highest BCUT2D eigenvalue weighted by Gasteiger charge is 2.23. The van der Waals surface area contributed by atoms with Crippen molar-refractivity contribution in [1.29, 1.82) is 0 Å². The lowest BCUT2D eigenvalue weighted by molar-refractivity contribution is -0.687. The molecule has 1 atom stereocenters. The highest BCUT2D eigenvalue weighted by atomic mass is 35.5. The molecule has 1 aromatic heterocycles. The van der Waals surface area contributed by atoms with Gasteiger partial charge in [0.15, 0.2) is 6.54 Å². The van der Waals surface area contributed by atoms with Crippen LogP contribution in [0.3, 0.4) is 0 Å². The van der Waals surface area contributed by atoms with Gasteiger partial charge in [-0.25, -0.2) is 13.9 Å². The van der Waals surface area contributed by atoms with E-state index in [1.807, 2.05) is 55.3 Å².